The van der Waals surface area contributed by atoms with E-state index in [4.69, 9.17) is 0 Å². The van der Waals surface area contributed by atoms with E-state index in [-0.39, 0.29) is 0 Å². The van der Waals surface area contributed by atoms with Crippen LogP contribution in [-0.4, -0.2) is 4.98 Å². The minimum atomic E-state index is 1.21. The minimum Gasteiger partial charge on any atom is -0.354 e. The topological polar surface area (TPSA) is 15.8 Å². The lowest BCUT2D eigenvalue weighted by Gasteiger charge is -2.03. The third-order valence-electron chi connectivity index (χ3n) is 5.24. The van der Waals surface area contributed by atoms with E-state index in [2.05, 4.69) is 67.4 Å². The number of nitrogens with one attached hydrogen (secondary N) is 1. The molecule has 0 unspecified atom stereocenters. The van der Waals surface area contributed by atoms with Crippen LogP contribution in [0.5, 0.6) is 0 Å². The highest BCUT2D eigenvalue weighted by Crippen LogP contribution is 2.37. The van der Waals surface area contributed by atoms with Gasteiger partial charge in [0.05, 0.1) is 0 Å². The average molecular weight is 362 g/mol. The lowest BCUT2D eigenvalue weighted by atomic mass is 10.0. The molecule has 0 amide bonds. The molecule has 0 fully saturated rings. The quantitative estimate of drug-likeness (QED) is 0.346. The maximum absolute atomic E-state index is 3.63. The number of rotatable bonds is 7. The van der Waals surface area contributed by atoms with Gasteiger partial charge in [-0.25, -0.2) is 0 Å². The third-order valence-corrected chi connectivity index (χ3v) is 6.49. The highest BCUT2D eigenvalue weighted by Gasteiger charge is 2.14. The molecule has 4 aromatic rings. The number of hydrogen-bond acceptors (Lipinski definition) is 1. The Labute approximate surface area is 160 Å². The number of H-pyrrole nitrogens is 1. The Morgan fingerprint density at radius 2 is 1.65 bits per heavy atom. The molecule has 1 N–H and O–H groups in total. The van der Waals surface area contributed by atoms with Crippen molar-refractivity contribution in [3.8, 4) is 11.3 Å². The smallest absolute Gasteiger partial charge is 0.0473 e. The van der Waals surface area contributed by atoms with Crippen LogP contribution in [0.15, 0.2) is 48.5 Å². The minimum absolute atomic E-state index is 1.21. The highest BCUT2D eigenvalue weighted by molar-refractivity contribution is 7.19. The first-order chi connectivity index (χ1) is 12.8. The molecule has 0 aliphatic rings. The van der Waals surface area contributed by atoms with Gasteiger partial charge >= 0.3 is 0 Å². The molecular formula is C24H27NS. The molecule has 1 nitrogen and oxygen atoms in total. The Balaban J connectivity index is 1.81. The molecule has 0 aliphatic carbocycles. The maximum Gasteiger partial charge on any atom is 0.0473 e. The van der Waals surface area contributed by atoms with Gasteiger partial charge in [0.15, 0.2) is 0 Å². The van der Waals surface area contributed by atoms with E-state index in [9.17, 15) is 0 Å². The number of aryl methyl sites for hydroxylation is 2. The summed E-state index contributed by atoms with van der Waals surface area (Å²) < 4.78 is 1.44. The summed E-state index contributed by atoms with van der Waals surface area (Å²) in [7, 11) is 0. The van der Waals surface area contributed by atoms with Gasteiger partial charge in [0.2, 0.25) is 0 Å². The Hall–Kier alpha value is -2.06. The van der Waals surface area contributed by atoms with Gasteiger partial charge in [0.25, 0.3) is 0 Å². The summed E-state index contributed by atoms with van der Waals surface area (Å²) in [6.45, 7) is 4.57. The van der Waals surface area contributed by atoms with Crippen molar-refractivity contribution in [2.45, 2.75) is 52.4 Å². The van der Waals surface area contributed by atoms with Gasteiger partial charge < -0.3 is 4.98 Å². The fourth-order valence-electron chi connectivity index (χ4n) is 3.77. The zero-order valence-corrected chi connectivity index (χ0v) is 16.6. The SMILES string of the molecule is CCCCc1sc2cc3[nH]c(-c4ccccc4)cc3cc2c1CCCC. The number of hydrogen-bond donors (Lipinski definition) is 1. The van der Waals surface area contributed by atoms with Gasteiger partial charge in [-0.3, -0.25) is 0 Å². The Kier molecular flexibility index (Phi) is 5.12. The summed E-state index contributed by atoms with van der Waals surface area (Å²) in [6, 6.07) is 17.7. The Morgan fingerprint density at radius 1 is 0.885 bits per heavy atom. The van der Waals surface area contributed by atoms with E-state index in [1.54, 1.807) is 10.4 Å². The summed E-state index contributed by atoms with van der Waals surface area (Å²) >= 11 is 2.01. The van der Waals surface area contributed by atoms with Gasteiger partial charge in [-0.2, -0.15) is 0 Å². The van der Waals surface area contributed by atoms with Crippen LogP contribution in [0.1, 0.15) is 50.0 Å². The predicted molar refractivity (Wildman–Crippen MR) is 116 cm³/mol. The molecule has 0 saturated carbocycles. The van der Waals surface area contributed by atoms with Crippen molar-refractivity contribution in [1.82, 2.24) is 4.98 Å². The van der Waals surface area contributed by atoms with Crippen molar-refractivity contribution in [1.29, 1.82) is 0 Å². The van der Waals surface area contributed by atoms with Crippen LogP contribution in [0.2, 0.25) is 0 Å². The number of benzene rings is 2. The molecule has 4 rings (SSSR count). The highest BCUT2D eigenvalue weighted by atomic mass is 32.1. The number of thiophene rings is 1. The molecule has 2 aromatic carbocycles. The largest absolute Gasteiger partial charge is 0.354 e. The van der Waals surface area contributed by atoms with E-state index in [0.717, 1.165) is 0 Å². The Bertz CT molecular complexity index is 1010. The third kappa shape index (κ3) is 3.31. The van der Waals surface area contributed by atoms with Crippen LogP contribution in [0.25, 0.3) is 32.2 Å². The van der Waals surface area contributed by atoms with Crippen LogP contribution < -0.4 is 0 Å². The molecule has 2 aromatic heterocycles. The molecule has 2 heteroatoms. The van der Waals surface area contributed by atoms with Gasteiger partial charge in [-0.15, -0.1) is 11.3 Å². The van der Waals surface area contributed by atoms with E-state index in [1.165, 1.54) is 70.8 Å². The fourth-order valence-corrected chi connectivity index (χ4v) is 5.08. The van der Waals surface area contributed by atoms with E-state index >= 15 is 0 Å². The lowest BCUT2D eigenvalue weighted by molar-refractivity contribution is 0.770. The standard InChI is InChI=1S/C24H27NS/c1-3-5-12-19-20-14-18-15-21(17-10-8-7-9-11-17)25-22(18)16-24(20)26-23(19)13-6-4-2/h7-11,14-16,25H,3-6,12-13H2,1-2H3. The van der Waals surface area contributed by atoms with Crippen molar-refractivity contribution in [3.63, 3.8) is 0 Å². The molecule has 134 valence electrons. The first kappa shape index (κ1) is 17.4. The number of aromatic amines is 1. The molecule has 26 heavy (non-hydrogen) atoms. The van der Waals surface area contributed by atoms with Crippen molar-refractivity contribution in [2.75, 3.05) is 0 Å². The van der Waals surface area contributed by atoms with Crippen LogP contribution in [0.4, 0.5) is 0 Å². The molecule has 0 saturated heterocycles. The monoisotopic (exact) mass is 361 g/mol. The van der Waals surface area contributed by atoms with Gasteiger partial charge in [-0.1, -0.05) is 57.0 Å². The van der Waals surface area contributed by atoms with Crippen LogP contribution in [-0.2, 0) is 12.8 Å². The van der Waals surface area contributed by atoms with Gasteiger partial charge in [-0.05, 0) is 60.4 Å². The van der Waals surface area contributed by atoms with Crippen molar-refractivity contribution in [2.24, 2.45) is 0 Å². The molecule has 0 aliphatic heterocycles. The summed E-state index contributed by atoms with van der Waals surface area (Å²) in [5.74, 6) is 0. The zero-order valence-electron chi connectivity index (χ0n) is 15.8. The van der Waals surface area contributed by atoms with Crippen LogP contribution in [0, 0.1) is 0 Å². The lowest BCUT2D eigenvalue weighted by Crippen LogP contribution is -1.90. The first-order valence-electron chi connectivity index (χ1n) is 9.92. The van der Waals surface area contributed by atoms with Crippen LogP contribution >= 0.6 is 11.3 Å². The first-order valence-corrected chi connectivity index (χ1v) is 10.7. The maximum atomic E-state index is 3.63. The summed E-state index contributed by atoms with van der Waals surface area (Å²) in [5.41, 5.74) is 5.33. The fraction of sp³-hybridized carbons (Fsp3) is 0.333. The number of unbranched alkanes of at least 4 members (excludes halogenated alkanes) is 2. The molecule has 2 heterocycles. The van der Waals surface area contributed by atoms with E-state index < -0.39 is 0 Å². The Morgan fingerprint density at radius 3 is 2.42 bits per heavy atom. The average Bonchev–Trinajstić information content (AvgIpc) is 3.23. The van der Waals surface area contributed by atoms with Crippen LogP contribution in [0.3, 0.4) is 0 Å². The van der Waals surface area contributed by atoms with Crippen molar-refractivity contribution >= 4 is 32.3 Å². The van der Waals surface area contributed by atoms with Gasteiger partial charge in [0, 0.05) is 26.2 Å². The second-order valence-electron chi connectivity index (χ2n) is 7.20. The van der Waals surface area contributed by atoms with E-state index in [1.807, 2.05) is 11.3 Å². The van der Waals surface area contributed by atoms with Gasteiger partial charge in [0.1, 0.15) is 0 Å². The normalized spacial score (nSPS) is 11.6. The number of aromatic nitrogens is 1. The summed E-state index contributed by atoms with van der Waals surface area (Å²) in [4.78, 5) is 5.24. The molecule has 0 atom stereocenters. The molecule has 0 bridgehead atoms. The molecule has 0 radical (unpaired) electrons. The second kappa shape index (κ2) is 7.67. The van der Waals surface area contributed by atoms with Crippen molar-refractivity contribution in [3.05, 3.63) is 59.0 Å². The van der Waals surface area contributed by atoms with E-state index in [0.29, 0.717) is 0 Å². The number of fused-ring (bicyclic) bond motifs is 2. The zero-order chi connectivity index (χ0) is 17.9. The predicted octanol–water partition coefficient (Wildman–Crippen LogP) is 7.73. The summed E-state index contributed by atoms with van der Waals surface area (Å²) in [6.07, 6.45) is 7.56. The molecule has 0 spiro atoms. The van der Waals surface area contributed by atoms with Crippen molar-refractivity contribution < 1.29 is 0 Å². The molecular weight excluding hydrogens is 334 g/mol. The summed E-state index contributed by atoms with van der Waals surface area (Å²) in [5, 5.41) is 2.81. The second-order valence-corrected chi connectivity index (χ2v) is 8.33.